The van der Waals surface area contributed by atoms with Gasteiger partial charge in [0, 0.05) is 11.6 Å². The van der Waals surface area contributed by atoms with Gasteiger partial charge in [-0.25, -0.2) is 18.1 Å². The molecular formula is C12H14N2O3S2. The molecule has 2 aromatic rings. The Labute approximate surface area is 116 Å². The SMILES string of the molecule is CC(NS(=O)(=O)c1ccc(CO)cc1)c1nccs1. The van der Waals surface area contributed by atoms with E-state index in [4.69, 9.17) is 5.11 Å². The van der Waals surface area contributed by atoms with Crippen LogP contribution < -0.4 is 4.72 Å². The van der Waals surface area contributed by atoms with Gasteiger partial charge in [0.1, 0.15) is 5.01 Å². The van der Waals surface area contributed by atoms with E-state index in [1.54, 1.807) is 30.6 Å². The Morgan fingerprint density at radius 2 is 2.05 bits per heavy atom. The number of hydrogen-bond acceptors (Lipinski definition) is 5. The lowest BCUT2D eigenvalue weighted by Gasteiger charge is -2.12. The molecule has 0 aliphatic rings. The molecule has 1 unspecified atom stereocenters. The fourth-order valence-corrected chi connectivity index (χ4v) is 3.50. The largest absolute Gasteiger partial charge is 0.392 e. The number of aliphatic hydroxyl groups excluding tert-OH is 1. The molecule has 0 amide bonds. The summed E-state index contributed by atoms with van der Waals surface area (Å²) in [7, 11) is -3.58. The summed E-state index contributed by atoms with van der Waals surface area (Å²) in [5, 5.41) is 11.4. The van der Waals surface area contributed by atoms with Crippen LogP contribution in [0.3, 0.4) is 0 Å². The number of sulfonamides is 1. The second-order valence-electron chi connectivity index (χ2n) is 4.02. The maximum absolute atomic E-state index is 12.1. The van der Waals surface area contributed by atoms with E-state index >= 15 is 0 Å². The number of nitrogens with zero attached hydrogens (tertiary/aromatic N) is 1. The molecule has 2 N–H and O–H groups in total. The Bertz CT molecular complexity index is 622. The maximum Gasteiger partial charge on any atom is 0.241 e. The zero-order valence-electron chi connectivity index (χ0n) is 10.3. The molecule has 0 saturated heterocycles. The van der Waals surface area contributed by atoms with Crippen LogP contribution in [0.25, 0.3) is 0 Å². The minimum Gasteiger partial charge on any atom is -0.392 e. The van der Waals surface area contributed by atoms with E-state index in [1.165, 1.54) is 23.5 Å². The van der Waals surface area contributed by atoms with E-state index in [9.17, 15) is 8.42 Å². The van der Waals surface area contributed by atoms with Crippen molar-refractivity contribution in [3.05, 3.63) is 46.4 Å². The van der Waals surface area contributed by atoms with Crippen molar-refractivity contribution in [1.29, 1.82) is 0 Å². The van der Waals surface area contributed by atoms with Crippen LogP contribution in [-0.4, -0.2) is 18.5 Å². The van der Waals surface area contributed by atoms with Gasteiger partial charge in [-0.1, -0.05) is 12.1 Å². The van der Waals surface area contributed by atoms with E-state index in [2.05, 4.69) is 9.71 Å². The van der Waals surface area contributed by atoms with Crippen LogP contribution in [0, 0.1) is 0 Å². The van der Waals surface area contributed by atoms with Gasteiger partial charge in [0.05, 0.1) is 17.5 Å². The van der Waals surface area contributed by atoms with Crippen molar-refractivity contribution in [3.63, 3.8) is 0 Å². The predicted octanol–water partition coefficient (Wildman–Crippen LogP) is 1.67. The molecule has 0 aliphatic heterocycles. The summed E-state index contributed by atoms with van der Waals surface area (Å²) in [5.74, 6) is 0. The molecule has 0 saturated carbocycles. The Hall–Kier alpha value is -1.28. The third-order valence-electron chi connectivity index (χ3n) is 2.57. The van der Waals surface area contributed by atoms with Crippen molar-refractivity contribution in [1.82, 2.24) is 9.71 Å². The van der Waals surface area contributed by atoms with Gasteiger partial charge in [-0.3, -0.25) is 0 Å². The van der Waals surface area contributed by atoms with Crippen molar-refractivity contribution in [2.75, 3.05) is 0 Å². The van der Waals surface area contributed by atoms with Crippen LogP contribution in [0.1, 0.15) is 23.5 Å². The number of benzene rings is 1. The van der Waals surface area contributed by atoms with Crippen molar-refractivity contribution in [3.8, 4) is 0 Å². The number of nitrogens with one attached hydrogen (secondary N) is 1. The van der Waals surface area contributed by atoms with Gasteiger partial charge in [0.15, 0.2) is 0 Å². The van der Waals surface area contributed by atoms with Gasteiger partial charge < -0.3 is 5.11 Å². The molecule has 0 bridgehead atoms. The van der Waals surface area contributed by atoms with Gasteiger partial charge in [-0.15, -0.1) is 11.3 Å². The quantitative estimate of drug-likeness (QED) is 0.880. The summed E-state index contributed by atoms with van der Waals surface area (Å²) in [6.45, 7) is 1.64. The molecule has 1 heterocycles. The summed E-state index contributed by atoms with van der Waals surface area (Å²) < 4.78 is 26.9. The molecule has 7 heteroatoms. The number of thiazole rings is 1. The zero-order chi connectivity index (χ0) is 13.9. The number of aliphatic hydroxyl groups is 1. The van der Waals surface area contributed by atoms with Crippen LogP contribution in [0.4, 0.5) is 0 Å². The highest BCUT2D eigenvalue weighted by Crippen LogP contribution is 2.18. The smallest absolute Gasteiger partial charge is 0.241 e. The highest BCUT2D eigenvalue weighted by molar-refractivity contribution is 7.89. The van der Waals surface area contributed by atoms with Crippen molar-refractivity contribution < 1.29 is 13.5 Å². The molecule has 1 aromatic heterocycles. The molecule has 0 aliphatic carbocycles. The molecule has 19 heavy (non-hydrogen) atoms. The minimum atomic E-state index is -3.58. The number of rotatable bonds is 5. The molecule has 0 radical (unpaired) electrons. The minimum absolute atomic E-state index is 0.108. The van der Waals surface area contributed by atoms with Crippen molar-refractivity contribution in [2.45, 2.75) is 24.5 Å². The van der Waals surface area contributed by atoms with Gasteiger partial charge in [-0.2, -0.15) is 0 Å². The molecule has 0 fully saturated rings. The molecule has 5 nitrogen and oxygen atoms in total. The number of hydrogen-bond donors (Lipinski definition) is 2. The molecule has 102 valence electrons. The van der Waals surface area contributed by atoms with E-state index in [1.807, 2.05) is 0 Å². The molecule has 1 aromatic carbocycles. The first-order valence-electron chi connectivity index (χ1n) is 5.64. The third kappa shape index (κ3) is 3.38. The topological polar surface area (TPSA) is 79.3 Å². The summed E-state index contributed by atoms with van der Waals surface area (Å²) >= 11 is 1.40. The summed E-state index contributed by atoms with van der Waals surface area (Å²) in [5.41, 5.74) is 0.673. The van der Waals surface area contributed by atoms with Crippen molar-refractivity contribution in [2.24, 2.45) is 0 Å². The lowest BCUT2D eigenvalue weighted by atomic mass is 10.2. The molecule has 0 spiro atoms. The van der Waals surface area contributed by atoms with Crippen LogP contribution >= 0.6 is 11.3 Å². The monoisotopic (exact) mass is 298 g/mol. The standard InChI is InChI=1S/C12H14N2O3S2/c1-9(12-13-6-7-18-12)14-19(16,17)11-4-2-10(8-15)3-5-11/h2-7,9,14-15H,8H2,1H3. The summed E-state index contributed by atoms with van der Waals surface area (Å²) in [4.78, 5) is 4.25. The number of aromatic nitrogens is 1. The van der Waals surface area contributed by atoms with E-state index < -0.39 is 10.0 Å². The fraction of sp³-hybridized carbons (Fsp3) is 0.250. The zero-order valence-corrected chi connectivity index (χ0v) is 11.9. The maximum atomic E-state index is 12.1. The van der Waals surface area contributed by atoms with Gasteiger partial charge in [0.25, 0.3) is 0 Å². The van der Waals surface area contributed by atoms with Crippen LogP contribution in [-0.2, 0) is 16.6 Å². The second-order valence-corrected chi connectivity index (χ2v) is 6.66. The average molecular weight is 298 g/mol. The lowest BCUT2D eigenvalue weighted by molar-refractivity contribution is 0.282. The van der Waals surface area contributed by atoms with Crippen molar-refractivity contribution >= 4 is 21.4 Å². The Morgan fingerprint density at radius 1 is 1.37 bits per heavy atom. The first kappa shape index (κ1) is 14.1. The van der Waals surface area contributed by atoms with Gasteiger partial charge in [-0.05, 0) is 24.6 Å². The summed E-state index contributed by atoms with van der Waals surface area (Å²) in [6, 6.07) is 5.75. The van der Waals surface area contributed by atoms with Crippen LogP contribution in [0.5, 0.6) is 0 Å². The Kier molecular flexibility index (Phi) is 4.31. The van der Waals surface area contributed by atoms with E-state index in [0.29, 0.717) is 5.56 Å². The highest BCUT2D eigenvalue weighted by atomic mass is 32.2. The summed E-state index contributed by atoms with van der Waals surface area (Å²) in [6.07, 6.45) is 1.64. The first-order chi connectivity index (χ1) is 9.03. The van der Waals surface area contributed by atoms with E-state index in [0.717, 1.165) is 5.01 Å². The third-order valence-corrected chi connectivity index (χ3v) is 5.08. The first-order valence-corrected chi connectivity index (χ1v) is 8.01. The van der Waals surface area contributed by atoms with Gasteiger partial charge >= 0.3 is 0 Å². The predicted molar refractivity (Wildman–Crippen MR) is 73.2 cm³/mol. The molecule has 1 atom stereocenters. The Morgan fingerprint density at radius 3 is 2.58 bits per heavy atom. The van der Waals surface area contributed by atoms with Crippen LogP contribution in [0.2, 0.25) is 0 Å². The molecular weight excluding hydrogens is 284 g/mol. The van der Waals surface area contributed by atoms with Gasteiger partial charge in [0.2, 0.25) is 10.0 Å². The highest BCUT2D eigenvalue weighted by Gasteiger charge is 2.19. The fourth-order valence-electron chi connectivity index (χ4n) is 1.57. The van der Waals surface area contributed by atoms with Crippen LogP contribution in [0.15, 0.2) is 40.7 Å². The normalized spacial score (nSPS) is 13.4. The average Bonchev–Trinajstić information content (AvgIpc) is 2.92. The Balaban J connectivity index is 2.17. The molecule has 2 rings (SSSR count). The lowest BCUT2D eigenvalue weighted by Crippen LogP contribution is -2.26. The second kappa shape index (κ2) is 5.79. The van der Waals surface area contributed by atoms with E-state index in [-0.39, 0.29) is 17.5 Å².